The Labute approximate surface area is 117 Å². The van der Waals surface area contributed by atoms with Crippen molar-refractivity contribution in [2.45, 2.75) is 26.3 Å². The number of anilines is 1. The number of nitrogens with two attached hydrogens (primary N) is 1. The van der Waals surface area contributed by atoms with Gasteiger partial charge >= 0.3 is 6.03 Å². The quantitative estimate of drug-likeness (QED) is 0.817. The monoisotopic (exact) mass is 283 g/mol. The van der Waals surface area contributed by atoms with E-state index in [0.717, 1.165) is 0 Å². The van der Waals surface area contributed by atoms with E-state index in [1.165, 1.54) is 24.3 Å². The molecule has 0 aliphatic rings. The fraction of sp³-hybridized carbons (Fsp3) is 0.385. The van der Waals surface area contributed by atoms with Crippen molar-refractivity contribution in [3.8, 4) is 0 Å². The van der Waals surface area contributed by atoms with Gasteiger partial charge in [-0.15, -0.1) is 0 Å². The van der Waals surface area contributed by atoms with Crippen LogP contribution in [0.2, 0.25) is 0 Å². The van der Waals surface area contributed by atoms with Crippen molar-refractivity contribution in [1.82, 2.24) is 4.90 Å². The summed E-state index contributed by atoms with van der Waals surface area (Å²) in [6.45, 7) is 4.27. The number of nitrogens with one attached hydrogen (secondary N) is 1. The number of benzene rings is 1. The van der Waals surface area contributed by atoms with Gasteiger partial charge in [-0.25, -0.2) is 9.18 Å². The number of carbonyl (C=O) groups is 1. The maximum atomic E-state index is 12.8. The first-order valence-electron chi connectivity index (χ1n) is 6.01. The van der Waals surface area contributed by atoms with Crippen molar-refractivity contribution < 1.29 is 9.18 Å². The molecule has 1 aromatic rings. The van der Waals surface area contributed by atoms with Crippen LogP contribution in [0.1, 0.15) is 20.3 Å². The zero-order valence-electron chi connectivity index (χ0n) is 11.0. The van der Waals surface area contributed by atoms with E-state index in [1.54, 1.807) is 4.90 Å². The molecule has 0 aliphatic heterocycles. The van der Waals surface area contributed by atoms with Crippen LogP contribution in [0.15, 0.2) is 24.3 Å². The minimum atomic E-state index is -0.341. The highest BCUT2D eigenvalue weighted by Crippen LogP contribution is 2.11. The molecular weight excluding hydrogens is 265 g/mol. The van der Waals surface area contributed by atoms with E-state index in [2.05, 4.69) is 5.32 Å². The number of hydrogen-bond donors (Lipinski definition) is 2. The van der Waals surface area contributed by atoms with Gasteiger partial charge in [-0.05, 0) is 38.1 Å². The van der Waals surface area contributed by atoms with Crippen molar-refractivity contribution in [2.75, 3.05) is 11.9 Å². The van der Waals surface area contributed by atoms with Gasteiger partial charge in [0.25, 0.3) is 0 Å². The van der Waals surface area contributed by atoms with Crippen molar-refractivity contribution in [3.63, 3.8) is 0 Å². The third-order valence-corrected chi connectivity index (χ3v) is 2.78. The van der Waals surface area contributed by atoms with Gasteiger partial charge in [0, 0.05) is 24.7 Å². The Bertz CT molecular complexity index is 448. The van der Waals surface area contributed by atoms with Crippen LogP contribution in [0, 0.1) is 5.82 Å². The molecule has 6 heteroatoms. The molecular formula is C13H18FN3OS. The molecule has 104 valence electrons. The van der Waals surface area contributed by atoms with E-state index in [4.69, 9.17) is 18.0 Å². The van der Waals surface area contributed by atoms with Gasteiger partial charge in [-0.1, -0.05) is 12.2 Å². The summed E-state index contributed by atoms with van der Waals surface area (Å²) in [5.74, 6) is -0.341. The Balaban J connectivity index is 2.66. The lowest BCUT2D eigenvalue weighted by atomic mass is 10.3. The van der Waals surface area contributed by atoms with E-state index in [0.29, 0.717) is 23.6 Å². The van der Waals surface area contributed by atoms with Crippen molar-refractivity contribution in [2.24, 2.45) is 5.73 Å². The van der Waals surface area contributed by atoms with Gasteiger partial charge in [0.05, 0.1) is 4.99 Å². The highest BCUT2D eigenvalue weighted by molar-refractivity contribution is 7.80. The molecule has 0 radical (unpaired) electrons. The lowest BCUT2D eigenvalue weighted by Gasteiger charge is -2.26. The molecule has 0 bridgehead atoms. The summed E-state index contributed by atoms with van der Waals surface area (Å²) < 4.78 is 12.8. The van der Waals surface area contributed by atoms with Crippen molar-refractivity contribution in [1.29, 1.82) is 0 Å². The van der Waals surface area contributed by atoms with Crippen molar-refractivity contribution in [3.05, 3.63) is 30.1 Å². The van der Waals surface area contributed by atoms with Crippen LogP contribution < -0.4 is 11.1 Å². The van der Waals surface area contributed by atoms with Crippen LogP contribution in [0.3, 0.4) is 0 Å². The van der Waals surface area contributed by atoms with Crippen LogP contribution in [0.5, 0.6) is 0 Å². The molecule has 0 saturated heterocycles. The average Bonchev–Trinajstić information content (AvgIpc) is 2.31. The number of thiocarbonyl (C=S) groups is 1. The Hall–Kier alpha value is -1.69. The van der Waals surface area contributed by atoms with Gasteiger partial charge in [0.2, 0.25) is 0 Å². The maximum absolute atomic E-state index is 12.8. The lowest BCUT2D eigenvalue weighted by Crippen LogP contribution is -2.41. The smallest absolute Gasteiger partial charge is 0.322 e. The molecule has 19 heavy (non-hydrogen) atoms. The fourth-order valence-corrected chi connectivity index (χ4v) is 1.64. The molecule has 1 aromatic carbocycles. The average molecular weight is 283 g/mol. The number of carbonyl (C=O) groups excluding carboxylic acids is 1. The highest BCUT2D eigenvalue weighted by Gasteiger charge is 2.16. The van der Waals surface area contributed by atoms with Gasteiger partial charge in [-0.3, -0.25) is 0 Å². The van der Waals surface area contributed by atoms with E-state index in [9.17, 15) is 9.18 Å². The number of urea groups is 1. The zero-order chi connectivity index (χ0) is 14.4. The fourth-order valence-electron chi connectivity index (χ4n) is 1.55. The van der Waals surface area contributed by atoms with E-state index < -0.39 is 0 Å². The molecule has 0 spiro atoms. The van der Waals surface area contributed by atoms with Crippen LogP contribution in [0.25, 0.3) is 0 Å². The van der Waals surface area contributed by atoms with Crippen LogP contribution in [0.4, 0.5) is 14.9 Å². The standard InChI is InChI=1S/C13H18FN3OS/c1-9(2)17(8-7-12(15)19)13(18)16-11-5-3-10(14)4-6-11/h3-6,9H,7-8H2,1-2H3,(H2,15,19)(H,16,18). The van der Waals surface area contributed by atoms with Gasteiger partial charge < -0.3 is 16.0 Å². The third-order valence-electron chi connectivity index (χ3n) is 2.58. The SMILES string of the molecule is CC(C)N(CCC(N)=S)C(=O)Nc1ccc(F)cc1. The van der Waals surface area contributed by atoms with Gasteiger partial charge in [0.15, 0.2) is 0 Å². The first kappa shape index (κ1) is 15.4. The van der Waals surface area contributed by atoms with Gasteiger partial charge in [-0.2, -0.15) is 0 Å². The molecule has 2 amide bonds. The number of halogens is 1. The molecule has 1 rings (SSSR count). The molecule has 0 unspecified atom stereocenters. The third kappa shape index (κ3) is 5.21. The van der Waals surface area contributed by atoms with Crippen molar-refractivity contribution >= 4 is 28.9 Å². The molecule has 0 aromatic heterocycles. The summed E-state index contributed by atoms with van der Waals surface area (Å²) in [7, 11) is 0. The minimum absolute atomic E-state index is 0.0230. The number of rotatable bonds is 5. The lowest BCUT2D eigenvalue weighted by molar-refractivity contribution is 0.199. The topological polar surface area (TPSA) is 58.4 Å². The summed E-state index contributed by atoms with van der Waals surface area (Å²) >= 11 is 4.81. The number of amides is 2. The van der Waals surface area contributed by atoms with Crippen LogP contribution in [-0.4, -0.2) is 28.5 Å². The molecule has 0 fully saturated rings. The Morgan fingerprint density at radius 2 is 2.00 bits per heavy atom. The second kappa shape index (κ2) is 7.04. The highest BCUT2D eigenvalue weighted by atomic mass is 32.1. The molecule has 0 aliphatic carbocycles. The van der Waals surface area contributed by atoms with E-state index >= 15 is 0 Å². The maximum Gasteiger partial charge on any atom is 0.322 e. The summed E-state index contributed by atoms with van der Waals surface area (Å²) in [6, 6.07) is 5.39. The Morgan fingerprint density at radius 3 is 2.47 bits per heavy atom. The zero-order valence-corrected chi connectivity index (χ0v) is 11.8. The van der Waals surface area contributed by atoms with Crippen LogP contribution >= 0.6 is 12.2 Å². The van der Waals surface area contributed by atoms with E-state index in [1.807, 2.05) is 13.8 Å². The summed E-state index contributed by atoms with van der Waals surface area (Å²) in [6.07, 6.45) is 0.477. The Morgan fingerprint density at radius 1 is 1.42 bits per heavy atom. The Kier molecular flexibility index (Phi) is 5.69. The predicted molar refractivity (Wildman–Crippen MR) is 78.7 cm³/mol. The first-order valence-corrected chi connectivity index (χ1v) is 6.42. The van der Waals surface area contributed by atoms with E-state index in [-0.39, 0.29) is 17.9 Å². The molecule has 0 atom stereocenters. The molecule has 3 N–H and O–H groups in total. The molecule has 0 heterocycles. The first-order chi connectivity index (χ1) is 8.90. The second-order valence-corrected chi connectivity index (χ2v) is 4.96. The molecule has 4 nitrogen and oxygen atoms in total. The van der Waals surface area contributed by atoms with Gasteiger partial charge in [0.1, 0.15) is 5.82 Å². The summed E-state index contributed by atoms with van der Waals surface area (Å²) in [5, 5.41) is 2.71. The normalized spacial score (nSPS) is 10.3. The number of nitrogens with zero attached hydrogens (tertiary/aromatic N) is 1. The second-order valence-electron chi connectivity index (χ2n) is 4.44. The predicted octanol–water partition coefficient (Wildman–Crippen LogP) is 2.74. The largest absolute Gasteiger partial charge is 0.393 e. The summed E-state index contributed by atoms with van der Waals surface area (Å²) in [4.78, 5) is 14.1. The summed E-state index contributed by atoms with van der Waals surface area (Å²) in [5.41, 5.74) is 5.99. The number of hydrogen-bond acceptors (Lipinski definition) is 2. The minimum Gasteiger partial charge on any atom is -0.393 e. The molecule has 0 saturated carbocycles. The van der Waals surface area contributed by atoms with Crippen LogP contribution in [-0.2, 0) is 0 Å².